The van der Waals surface area contributed by atoms with Crippen molar-refractivity contribution in [2.45, 2.75) is 17.4 Å². The average molecular weight is 438 g/mol. The normalized spacial score (nSPS) is 12.0. The second-order valence-corrected chi connectivity index (χ2v) is 9.02. The molecule has 0 heterocycles. The van der Waals surface area contributed by atoms with Crippen molar-refractivity contribution in [1.82, 2.24) is 5.32 Å². The fourth-order valence-corrected chi connectivity index (χ4v) is 4.45. The molecule has 0 fully saturated rings. The van der Waals surface area contributed by atoms with Gasteiger partial charge in [-0.3, -0.25) is 4.79 Å². The van der Waals surface area contributed by atoms with Crippen molar-refractivity contribution in [2.24, 2.45) is 0 Å². The molecule has 3 aromatic rings. The van der Waals surface area contributed by atoms with Crippen LogP contribution >= 0.6 is 0 Å². The Hall–Kier alpha value is -3.45. The van der Waals surface area contributed by atoms with Crippen molar-refractivity contribution in [3.8, 4) is 11.1 Å². The molecule has 0 unspecified atom stereocenters. The van der Waals surface area contributed by atoms with E-state index in [2.05, 4.69) is 5.32 Å². The molecule has 1 atom stereocenters. The fraction of sp³-hybridized carbons (Fsp3) is 0.167. The Morgan fingerprint density at radius 1 is 0.839 bits per heavy atom. The van der Waals surface area contributed by atoms with Gasteiger partial charge in [0.1, 0.15) is 6.04 Å². The van der Waals surface area contributed by atoms with Crippen LogP contribution in [0.5, 0.6) is 0 Å². The molecule has 0 aliphatic rings. The van der Waals surface area contributed by atoms with E-state index in [-0.39, 0.29) is 17.1 Å². The molecule has 0 aromatic heterocycles. The summed E-state index contributed by atoms with van der Waals surface area (Å²) < 4.78 is 29.8. The van der Waals surface area contributed by atoms with Crippen molar-refractivity contribution >= 4 is 21.7 Å². The maximum atomic E-state index is 12.6. The number of carbonyl (C=O) groups excluding carboxylic acids is 2. The van der Waals surface area contributed by atoms with Gasteiger partial charge in [-0.25, -0.2) is 13.2 Å². The lowest BCUT2D eigenvalue weighted by Crippen LogP contribution is -2.42. The third kappa shape index (κ3) is 5.79. The molecule has 7 heteroatoms. The molecular formula is C24H23NO5S. The van der Waals surface area contributed by atoms with Gasteiger partial charge < -0.3 is 10.1 Å². The highest BCUT2D eigenvalue weighted by Crippen LogP contribution is 2.19. The summed E-state index contributed by atoms with van der Waals surface area (Å²) in [5.74, 6) is -1.48. The summed E-state index contributed by atoms with van der Waals surface area (Å²) in [6, 6.07) is 23.6. The molecule has 1 N–H and O–H groups in total. The van der Waals surface area contributed by atoms with E-state index in [0.717, 1.165) is 11.1 Å². The molecule has 0 spiro atoms. The highest BCUT2D eigenvalue weighted by Gasteiger charge is 2.25. The SMILES string of the molecule is COC(=O)[C@H](CCS(=O)(=O)c1ccccc1)NC(=O)c1ccc(-c2ccccc2)cc1. The van der Waals surface area contributed by atoms with E-state index in [9.17, 15) is 18.0 Å². The minimum absolute atomic E-state index is 0.0995. The first-order valence-corrected chi connectivity index (χ1v) is 11.4. The Labute approximate surface area is 181 Å². The zero-order valence-electron chi connectivity index (χ0n) is 17.0. The van der Waals surface area contributed by atoms with Crippen molar-refractivity contribution in [2.75, 3.05) is 12.9 Å². The van der Waals surface area contributed by atoms with Crippen molar-refractivity contribution in [3.63, 3.8) is 0 Å². The fourth-order valence-electron chi connectivity index (χ4n) is 3.10. The summed E-state index contributed by atoms with van der Waals surface area (Å²) in [5, 5.41) is 2.59. The smallest absolute Gasteiger partial charge is 0.328 e. The predicted molar refractivity (Wildman–Crippen MR) is 118 cm³/mol. The summed E-state index contributed by atoms with van der Waals surface area (Å²) in [6.45, 7) is 0. The maximum absolute atomic E-state index is 12.6. The largest absolute Gasteiger partial charge is 0.467 e. The monoisotopic (exact) mass is 437 g/mol. The molecule has 6 nitrogen and oxygen atoms in total. The van der Waals surface area contributed by atoms with Gasteiger partial charge in [-0.15, -0.1) is 0 Å². The Bertz CT molecular complexity index is 1130. The third-order valence-corrected chi connectivity index (χ3v) is 6.59. The maximum Gasteiger partial charge on any atom is 0.328 e. The van der Waals surface area contributed by atoms with Crippen LogP contribution in [0.3, 0.4) is 0 Å². The van der Waals surface area contributed by atoms with E-state index >= 15 is 0 Å². The van der Waals surface area contributed by atoms with Crippen LogP contribution in [-0.4, -0.2) is 39.2 Å². The van der Waals surface area contributed by atoms with Crippen LogP contribution < -0.4 is 5.32 Å². The number of esters is 1. The summed E-state index contributed by atoms with van der Waals surface area (Å²) in [5.41, 5.74) is 2.34. The second-order valence-electron chi connectivity index (χ2n) is 6.91. The van der Waals surface area contributed by atoms with Crippen LogP contribution in [0.1, 0.15) is 16.8 Å². The standard InChI is InChI=1S/C24H23NO5S/c1-30-24(27)22(16-17-31(28,29)21-10-6-3-7-11-21)25-23(26)20-14-12-19(13-15-20)18-8-4-2-5-9-18/h2-15,22H,16-17H2,1H3,(H,25,26)/t22-/m0/s1. The van der Waals surface area contributed by atoms with Gasteiger partial charge in [0.25, 0.3) is 5.91 Å². The third-order valence-electron chi connectivity index (χ3n) is 4.82. The molecule has 31 heavy (non-hydrogen) atoms. The van der Waals surface area contributed by atoms with Gasteiger partial charge in [0.2, 0.25) is 0 Å². The summed E-state index contributed by atoms with van der Waals surface area (Å²) in [6.07, 6.45) is -0.0995. The first-order valence-electron chi connectivity index (χ1n) is 9.73. The Morgan fingerprint density at radius 3 is 1.97 bits per heavy atom. The lowest BCUT2D eigenvalue weighted by molar-refractivity contribution is -0.142. The van der Waals surface area contributed by atoms with Crippen LogP contribution in [0.2, 0.25) is 0 Å². The van der Waals surface area contributed by atoms with Crippen LogP contribution in [0.15, 0.2) is 89.8 Å². The molecule has 0 aliphatic heterocycles. The number of amides is 1. The van der Waals surface area contributed by atoms with Gasteiger partial charge >= 0.3 is 5.97 Å². The van der Waals surface area contributed by atoms with Crippen molar-refractivity contribution in [3.05, 3.63) is 90.5 Å². The number of rotatable bonds is 8. The molecule has 1 amide bonds. The number of nitrogens with one attached hydrogen (secondary N) is 1. The van der Waals surface area contributed by atoms with Gasteiger partial charge in [0.05, 0.1) is 17.8 Å². The Kier molecular flexibility index (Phi) is 7.20. The van der Waals surface area contributed by atoms with E-state index in [1.165, 1.54) is 19.2 Å². The minimum Gasteiger partial charge on any atom is -0.467 e. The van der Waals surface area contributed by atoms with Gasteiger partial charge in [0.15, 0.2) is 9.84 Å². The van der Waals surface area contributed by atoms with Crippen LogP contribution in [0.4, 0.5) is 0 Å². The first kappa shape index (κ1) is 22.2. The van der Waals surface area contributed by atoms with Gasteiger partial charge in [-0.05, 0) is 41.8 Å². The number of methoxy groups -OCH3 is 1. The van der Waals surface area contributed by atoms with E-state index in [0.29, 0.717) is 5.56 Å². The van der Waals surface area contributed by atoms with E-state index in [4.69, 9.17) is 4.74 Å². The quantitative estimate of drug-likeness (QED) is 0.545. The van der Waals surface area contributed by atoms with E-state index < -0.39 is 27.8 Å². The highest BCUT2D eigenvalue weighted by molar-refractivity contribution is 7.91. The molecule has 160 valence electrons. The molecular weight excluding hydrogens is 414 g/mol. The zero-order chi connectivity index (χ0) is 22.3. The number of carbonyl (C=O) groups is 2. The van der Waals surface area contributed by atoms with Gasteiger partial charge in [0, 0.05) is 5.56 Å². The molecule has 0 saturated heterocycles. The summed E-state index contributed by atoms with van der Waals surface area (Å²) in [7, 11) is -2.40. The lowest BCUT2D eigenvalue weighted by Gasteiger charge is -2.17. The van der Waals surface area contributed by atoms with Crippen LogP contribution in [0, 0.1) is 0 Å². The Morgan fingerprint density at radius 2 is 1.39 bits per heavy atom. The average Bonchev–Trinajstić information content (AvgIpc) is 2.82. The summed E-state index contributed by atoms with van der Waals surface area (Å²) >= 11 is 0. The zero-order valence-corrected chi connectivity index (χ0v) is 17.8. The molecule has 0 radical (unpaired) electrons. The number of hydrogen-bond acceptors (Lipinski definition) is 5. The van der Waals surface area contributed by atoms with Crippen molar-refractivity contribution in [1.29, 1.82) is 0 Å². The molecule has 3 rings (SSSR count). The Balaban J connectivity index is 1.69. The van der Waals surface area contributed by atoms with Crippen LogP contribution in [0.25, 0.3) is 11.1 Å². The number of hydrogen-bond donors (Lipinski definition) is 1. The molecule has 0 aliphatic carbocycles. The van der Waals surface area contributed by atoms with Crippen molar-refractivity contribution < 1.29 is 22.7 Å². The van der Waals surface area contributed by atoms with Gasteiger partial charge in [-0.2, -0.15) is 0 Å². The predicted octanol–water partition coefficient (Wildman–Crippen LogP) is 3.49. The summed E-state index contributed by atoms with van der Waals surface area (Å²) in [4.78, 5) is 25.0. The van der Waals surface area contributed by atoms with E-state index in [1.807, 2.05) is 42.5 Å². The number of benzene rings is 3. The topological polar surface area (TPSA) is 89.5 Å². The second kappa shape index (κ2) is 10.0. The van der Waals surface area contributed by atoms with E-state index in [1.54, 1.807) is 30.3 Å². The highest BCUT2D eigenvalue weighted by atomic mass is 32.2. The molecule has 0 saturated carbocycles. The van der Waals surface area contributed by atoms with Crippen LogP contribution in [-0.2, 0) is 19.4 Å². The number of sulfone groups is 1. The minimum atomic E-state index is -3.59. The lowest BCUT2D eigenvalue weighted by atomic mass is 10.0. The van der Waals surface area contributed by atoms with Gasteiger partial charge in [-0.1, -0.05) is 60.7 Å². The molecule has 0 bridgehead atoms. The first-order chi connectivity index (χ1) is 14.9. The molecule has 3 aromatic carbocycles. The number of ether oxygens (including phenoxy) is 1.